The Morgan fingerprint density at radius 1 is 0.871 bits per heavy atom. The largest absolute Gasteiger partial charge is 0.480 e. The van der Waals surface area contributed by atoms with Gasteiger partial charge >= 0.3 is 12.1 Å². The second-order valence-corrected chi connectivity index (χ2v) is 7.48. The molecule has 0 saturated carbocycles. The van der Waals surface area contributed by atoms with Crippen molar-refractivity contribution >= 4 is 12.1 Å². The highest BCUT2D eigenvalue weighted by Crippen LogP contribution is 2.44. The van der Waals surface area contributed by atoms with E-state index in [-0.39, 0.29) is 19.1 Å². The molecule has 3 aromatic carbocycles. The molecule has 0 heterocycles. The fourth-order valence-corrected chi connectivity index (χ4v) is 3.94. The molecule has 4 rings (SSSR count). The highest BCUT2D eigenvalue weighted by atomic mass is 16.5. The third-order valence-corrected chi connectivity index (χ3v) is 5.45. The molecule has 1 amide bonds. The number of carboxylic acid groups (broad SMARTS) is 1. The average Bonchev–Trinajstić information content (AvgIpc) is 3.11. The molecule has 0 aliphatic heterocycles. The van der Waals surface area contributed by atoms with Crippen LogP contribution in [0.25, 0.3) is 11.1 Å². The summed E-state index contributed by atoms with van der Waals surface area (Å²) in [6, 6.07) is 24.7. The van der Waals surface area contributed by atoms with E-state index in [0.717, 1.165) is 27.8 Å². The maximum atomic E-state index is 12.3. The molecule has 6 heteroatoms. The molecular weight excluding hydrogens is 392 g/mol. The van der Waals surface area contributed by atoms with Gasteiger partial charge in [-0.1, -0.05) is 78.9 Å². The van der Waals surface area contributed by atoms with E-state index in [1.807, 2.05) is 66.7 Å². The Bertz CT molecular complexity index is 1020. The molecule has 1 aliphatic rings. The lowest BCUT2D eigenvalue weighted by molar-refractivity contribution is -0.139. The second-order valence-electron chi connectivity index (χ2n) is 7.48. The predicted molar refractivity (Wildman–Crippen MR) is 118 cm³/mol. The summed E-state index contributed by atoms with van der Waals surface area (Å²) in [6.07, 6.45) is -0.740. The second kappa shape index (κ2) is 9.45. The van der Waals surface area contributed by atoms with Gasteiger partial charge in [-0.05, 0) is 27.8 Å². The minimum Gasteiger partial charge on any atom is -0.480 e. The highest BCUT2D eigenvalue weighted by Gasteiger charge is 2.29. The number of benzene rings is 3. The van der Waals surface area contributed by atoms with E-state index in [0.29, 0.717) is 6.54 Å². The highest BCUT2D eigenvalue weighted by molar-refractivity contribution is 5.81. The van der Waals surface area contributed by atoms with Crippen molar-refractivity contribution in [1.29, 1.82) is 0 Å². The number of carboxylic acids is 1. The summed E-state index contributed by atoms with van der Waals surface area (Å²) >= 11 is 0. The molecule has 0 saturated heterocycles. The fourth-order valence-electron chi connectivity index (χ4n) is 3.94. The van der Waals surface area contributed by atoms with Crippen molar-refractivity contribution < 1.29 is 19.4 Å². The number of amides is 1. The number of hydrogen-bond acceptors (Lipinski definition) is 4. The van der Waals surface area contributed by atoms with Crippen LogP contribution in [0.5, 0.6) is 0 Å². The van der Waals surface area contributed by atoms with Crippen LogP contribution in [0.1, 0.15) is 22.6 Å². The molecule has 1 unspecified atom stereocenters. The minimum atomic E-state index is -1.12. The van der Waals surface area contributed by atoms with Gasteiger partial charge in [-0.2, -0.15) is 0 Å². The van der Waals surface area contributed by atoms with E-state index >= 15 is 0 Å². The van der Waals surface area contributed by atoms with Crippen LogP contribution >= 0.6 is 0 Å². The first-order valence-electron chi connectivity index (χ1n) is 10.2. The van der Waals surface area contributed by atoms with Gasteiger partial charge in [-0.3, -0.25) is 0 Å². The summed E-state index contributed by atoms with van der Waals surface area (Å²) in [6.45, 7) is 0.745. The molecule has 31 heavy (non-hydrogen) atoms. The summed E-state index contributed by atoms with van der Waals surface area (Å²) in [5.74, 6) is -1.19. The van der Waals surface area contributed by atoms with E-state index < -0.39 is 18.1 Å². The zero-order valence-electron chi connectivity index (χ0n) is 17.0. The zero-order valence-corrected chi connectivity index (χ0v) is 17.0. The zero-order chi connectivity index (χ0) is 21.6. The van der Waals surface area contributed by atoms with Gasteiger partial charge in [-0.15, -0.1) is 0 Å². The van der Waals surface area contributed by atoms with Gasteiger partial charge in [0.15, 0.2) is 0 Å². The van der Waals surface area contributed by atoms with E-state index in [1.165, 1.54) is 0 Å². The Kier molecular flexibility index (Phi) is 6.29. The Labute approximate surface area is 180 Å². The maximum Gasteiger partial charge on any atom is 0.407 e. The first-order chi connectivity index (χ1) is 15.1. The van der Waals surface area contributed by atoms with Gasteiger partial charge in [0.2, 0.25) is 0 Å². The number of hydrogen-bond donors (Lipinski definition) is 3. The van der Waals surface area contributed by atoms with Crippen molar-refractivity contribution in [2.45, 2.75) is 18.5 Å². The Morgan fingerprint density at radius 3 is 2.06 bits per heavy atom. The summed E-state index contributed by atoms with van der Waals surface area (Å²) in [5, 5.41) is 15.0. The normalized spacial score (nSPS) is 13.2. The third kappa shape index (κ3) is 4.75. The van der Waals surface area contributed by atoms with Crippen LogP contribution in [0.15, 0.2) is 78.9 Å². The molecule has 0 aromatic heterocycles. The van der Waals surface area contributed by atoms with E-state index in [9.17, 15) is 14.7 Å². The maximum absolute atomic E-state index is 12.3. The topological polar surface area (TPSA) is 87.7 Å². The first kappa shape index (κ1) is 20.6. The number of rotatable bonds is 8. The number of carbonyl (C=O) groups is 2. The van der Waals surface area contributed by atoms with Crippen molar-refractivity contribution in [1.82, 2.24) is 10.6 Å². The van der Waals surface area contributed by atoms with Gasteiger partial charge in [0.25, 0.3) is 0 Å². The van der Waals surface area contributed by atoms with Crippen molar-refractivity contribution in [2.24, 2.45) is 0 Å². The SMILES string of the molecule is O=C(NC(CNCc1ccccc1)C(=O)O)OCC1c2ccccc2-c2ccccc21. The van der Waals surface area contributed by atoms with Gasteiger partial charge < -0.3 is 20.5 Å². The first-order valence-corrected chi connectivity index (χ1v) is 10.2. The lowest BCUT2D eigenvalue weighted by atomic mass is 9.98. The molecule has 0 fully saturated rings. The van der Waals surface area contributed by atoms with Crippen LogP contribution in [0.4, 0.5) is 4.79 Å². The number of aliphatic carboxylic acids is 1. The van der Waals surface area contributed by atoms with E-state index in [2.05, 4.69) is 22.8 Å². The molecule has 6 nitrogen and oxygen atoms in total. The molecular formula is C25H24N2O4. The van der Waals surface area contributed by atoms with Crippen molar-refractivity contribution in [3.05, 3.63) is 95.6 Å². The summed E-state index contributed by atoms with van der Waals surface area (Å²) in [5.41, 5.74) is 5.53. The fraction of sp³-hybridized carbons (Fsp3) is 0.200. The summed E-state index contributed by atoms with van der Waals surface area (Å²) in [4.78, 5) is 23.9. The van der Waals surface area contributed by atoms with Crippen LogP contribution in [-0.4, -0.2) is 36.4 Å². The van der Waals surface area contributed by atoms with Crippen LogP contribution < -0.4 is 10.6 Å². The number of fused-ring (bicyclic) bond motifs is 3. The van der Waals surface area contributed by atoms with Gasteiger partial charge in [0.1, 0.15) is 12.6 Å². The van der Waals surface area contributed by atoms with Crippen LogP contribution in [0.3, 0.4) is 0 Å². The lowest BCUT2D eigenvalue weighted by Gasteiger charge is -2.18. The van der Waals surface area contributed by atoms with Crippen molar-refractivity contribution in [3.8, 4) is 11.1 Å². The summed E-state index contributed by atoms with van der Waals surface area (Å²) < 4.78 is 5.44. The van der Waals surface area contributed by atoms with E-state index in [4.69, 9.17) is 4.74 Å². The Balaban J connectivity index is 1.34. The van der Waals surface area contributed by atoms with Gasteiger partial charge in [0, 0.05) is 19.0 Å². The smallest absolute Gasteiger partial charge is 0.407 e. The number of ether oxygens (including phenoxy) is 1. The summed E-state index contributed by atoms with van der Waals surface area (Å²) in [7, 11) is 0. The third-order valence-electron chi connectivity index (χ3n) is 5.45. The molecule has 1 atom stereocenters. The number of nitrogens with one attached hydrogen (secondary N) is 2. The molecule has 0 radical (unpaired) electrons. The average molecular weight is 416 g/mol. The lowest BCUT2D eigenvalue weighted by Crippen LogP contribution is -2.47. The molecule has 0 bridgehead atoms. The molecule has 3 N–H and O–H groups in total. The van der Waals surface area contributed by atoms with Gasteiger partial charge in [-0.25, -0.2) is 9.59 Å². The molecule has 3 aromatic rings. The quantitative estimate of drug-likeness (QED) is 0.520. The molecule has 1 aliphatic carbocycles. The Hall–Kier alpha value is -3.64. The van der Waals surface area contributed by atoms with Crippen molar-refractivity contribution in [2.75, 3.05) is 13.2 Å². The number of alkyl carbamates (subject to hydrolysis) is 1. The predicted octanol–water partition coefficient (Wildman–Crippen LogP) is 3.77. The Morgan fingerprint density at radius 2 is 1.45 bits per heavy atom. The molecule has 158 valence electrons. The van der Waals surface area contributed by atoms with Gasteiger partial charge in [0.05, 0.1) is 0 Å². The van der Waals surface area contributed by atoms with Crippen molar-refractivity contribution in [3.63, 3.8) is 0 Å². The minimum absolute atomic E-state index is 0.0716. The van der Waals surface area contributed by atoms with Crippen LogP contribution in [0.2, 0.25) is 0 Å². The monoisotopic (exact) mass is 416 g/mol. The number of carbonyl (C=O) groups excluding carboxylic acids is 1. The van der Waals surface area contributed by atoms with Crippen LogP contribution in [0, 0.1) is 0 Å². The van der Waals surface area contributed by atoms with E-state index in [1.54, 1.807) is 0 Å². The standard InChI is InChI=1S/C25H24N2O4/c28-24(29)23(15-26-14-17-8-2-1-3-9-17)27-25(30)31-16-22-20-12-6-4-10-18(20)19-11-5-7-13-21(19)22/h1-13,22-23,26H,14-16H2,(H,27,30)(H,28,29). The molecule has 0 spiro atoms. The van der Waals surface area contributed by atoms with Crippen LogP contribution in [-0.2, 0) is 16.1 Å².